The van der Waals surface area contributed by atoms with Crippen LogP contribution in [0, 0.1) is 0 Å². The maximum absolute atomic E-state index is 11.8. The van der Waals surface area contributed by atoms with Gasteiger partial charge < -0.3 is 10.7 Å². The molecule has 2 aromatic rings. The third-order valence-electron chi connectivity index (χ3n) is 2.30. The van der Waals surface area contributed by atoms with Crippen molar-refractivity contribution in [1.29, 1.82) is 0 Å². The number of nitrogens with zero attached hydrogens (tertiary/aromatic N) is 1. The summed E-state index contributed by atoms with van der Waals surface area (Å²) in [4.78, 5) is 7.03. The van der Waals surface area contributed by atoms with Crippen LogP contribution >= 0.6 is 11.3 Å². The molecule has 0 spiro atoms. The monoisotopic (exact) mass is 286 g/mol. The van der Waals surface area contributed by atoms with E-state index in [1.807, 2.05) is 0 Å². The van der Waals surface area contributed by atoms with E-state index in [4.69, 9.17) is 5.73 Å². The standard InChI is InChI=1S/C10H14N4O2S2/c11-8-6-10(17-7-8)18(15,16)14-3-1-2-9-12-4-5-13-9/h4-7,14H,1-3,11H2,(H,12,13). The summed E-state index contributed by atoms with van der Waals surface area (Å²) in [5.74, 6) is 0.856. The van der Waals surface area contributed by atoms with E-state index in [9.17, 15) is 8.42 Å². The minimum Gasteiger partial charge on any atom is -0.398 e. The van der Waals surface area contributed by atoms with Crippen LogP contribution in [0.2, 0.25) is 0 Å². The molecule has 0 unspecified atom stereocenters. The molecule has 0 aliphatic rings. The highest BCUT2D eigenvalue weighted by molar-refractivity contribution is 7.91. The Balaban J connectivity index is 1.82. The van der Waals surface area contributed by atoms with Crippen molar-refractivity contribution in [3.05, 3.63) is 29.7 Å². The van der Waals surface area contributed by atoms with E-state index in [0.29, 0.717) is 25.1 Å². The van der Waals surface area contributed by atoms with Gasteiger partial charge in [0.15, 0.2) is 0 Å². The van der Waals surface area contributed by atoms with Crippen molar-refractivity contribution in [3.8, 4) is 0 Å². The molecule has 98 valence electrons. The molecule has 0 bridgehead atoms. The van der Waals surface area contributed by atoms with Crippen LogP contribution in [0.1, 0.15) is 12.2 Å². The van der Waals surface area contributed by atoms with Crippen LogP contribution in [-0.2, 0) is 16.4 Å². The maximum Gasteiger partial charge on any atom is 0.250 e. The molecule has 0 aliphatic carbocycles. The van der Waals surface area contributed by atoms with E-state index in [0.717, 1.165) is 17.2 Å². The average molecular weight is 286 g/mol. The van der Waals surface area contributed by atoms with Gasteiger partial charge in [-0.25, -0.2) is 18.1 Å². The highest BCUT2D eigenvalue weighted by Crippen LogP contribution is 2.21. The Morgan fingerprint density at radius 1 is 1.50 bits per heavy atom. The lowest BCUT2D eigenvalue weighted by Crippen LogP contribution is -2.24. The lowest BCUT2D eigenvalue weighted by Gasteiger charge is -2.03. The smallest absolute Gasteiger partial charge is 0.250 e. The molecule has 18 heavy (non-hydrogen) atoms. The fourth-order valence-corrected chi connectivity index (χ4v) is 3.64. The number of nitrogens with two attached hydrogens (primary N) is 1. The van der Waals surface area contributed by atoms with Gasteiger partial charge in [0.25, 0.3) is 0 Å². The third kappa shape index (κ3) is 3.31. The van der Waals surface area contributed by atoms with Crippen molar-refractivity contribution in [2.24, 2.45) is 0 Å². The number of hydrogen-bond donors (Lipinski definition) is 3. The van der Waals surface area contributed by atoms with Gasteiger partial charge in [0.05, 0.1) is 0 Å². The van der Waals surface area contributed by atoms with E-state index in [2.05, 4.69) is 14.7 Å². The van der Waals surface area contributed by atoms with Crippen molar-refractivity contribution < 1.29 is 8.42 Å². The number of hydrogen-bond acceptors (Lipinski definition) is 5. The Morgan fingerprint density at radius 2 is 2.33 bits per heavy atom. The number of rotatable bonds is 6. The molecule has 0 fully saturated rings. The van der Waals surface area contributed by atoms with Crippen molar-refractivity contribution in [3.63, 3.8) is 0 Å². The highest BCUT2D eigenvalue weighted by Gasteiger charge is 2.15. The Kier molecular flexibility index (Phi) is 4.00. The van der Waals surface area contributed by atoms with Gasteiger partial charge in [-0.15, -0.1) is 11.3 Å². The van der Waals surface area contributed by atoms with Gasteiger partial charge in [-0.2, -0.15) is 0 Å². The summed E-state index contributed by atoms with van der Waals surface area (Å²) in [5, 5.41) is 1.61. The van der Waals surface area contributed by atoms with Crippen molar-refractivity contribution >= 4 is 27.0 Å². The lowest BCUT2D eigenvalue weighted by molar-refractivity contribution is 0.580. The number of imidazole rings is 1. The zero-order chi connectivity index (χ0) is 13.0. The van der Waals surface area contributed by atoms with Gasteiger partial charge in [-0.3, -0.25) is 0 Å². The van der Waals surface area contributed by atoms with Crippen LogP contribution < -0.4 is 10.5 Å². The SMILES string of the molecule is Nc1csc(S(=O)(=O)NCCCc2ncc[nH]2)c1. The summed E-state index contributed by atoms with van der Waals surface area (Å²) in [6, 6.07) is 1.46. The first-order valence-corrected chi connectivity index (χ1v) is 7.76. The number of H-pyrrole nitrogens is 1. The summed E-state index contributed by atoms with van der Waals surface area (Å²) in [5.41, 5.74) is 5.97. The molecule has 2 rings (SSSR count). The molecule has 0 aliphatic heterocycles. The molecule has 0 aromatic carbocycles. The molecule has 2 aromatic heterocycles. The second kappa shape index (κ2) is 5.51. The van der Waals surface area contributed by atoms with Gasteiger partial charge in [0.1, 0.15) is 10.0 Å². The molecule has 0 atom stereocenters. The van der Waals surface area contributed by atoms with Crippen LogP contribution in [0.25, 0.3) is 0 Å². The average Bonchev–Trinajstić information content (AvgIpc) is 2.95. The molecule has 0 saturated heterocycles. The van der Waals surface area contributed by atoms with Crippen molar-refractivity contribution in [1.82, 2.24) is 14.7 Å². The summed E-state index contributed by atoms with van der Waals surface area (Å²) >= 11 is 1.12. The zero-order valence-corrected chi connectivity index (χ0v) is 11.2. The molecular formula is C10H14N4O2S2. The quantitative estimate of drug-likeness (QED) is 0.689. The van der Waals surface area contributed by atoms with E-state index in [-0.39, 0.29) is 4.21 Å². The molecule has 0 radical (unpaired) electrons. The summed E-state index contributed by atoms with van der Waals surface area (Å²) in [7, 11) is -3.42. The number of anilines is 1. The molecule has 6 nitrogen and oxygen atoms in total. The van der Waals surface area contributed by atoms with Gasteiger partial charge >= 0.3 is 0 Å². The Bertz CT molecular complexity index is 589. The normalized spacial score (nSPS) is 11.8. The van der Waals surface area contributed by atoms with E-state index in [1.165, 1.54) is 6.07 Å². The minimum absolute atomic E-state index is 0.248. The maximum atomic E-state index is 11.8. The number of nitrogen functional groups attached to an aromatic ring is 1. The molecule has 8 heteroatoms. The van der Waals surface area contributed by atoms with Crippen LogP contribution in [0.5, 0.6) is 0 Å². The van der Waals surface area contributed by atoms with E-state index >= 15 is 0 Å². The number of thiophene rings is 1. The van der Waals surface area contributed by atoms with Gasteiger partial charge in [-0.05, 0) is 12.5 Å². The van der Waals surface area contributed by atoms with Gasteiger partial charge in [0.2, 0.25) is 10.0 Å². The van der Waals surface area contributed by atoms with Gasteiger partial charge in [0, 0.05) is 36.4 Å². The summed E-state index contributed by atoms with van der Waals surface area (Å²) < 4.78 is 26.4. The first-order valence-electron chi connectivity index (χ1n) is 5.40. The Labute approximate surface area is 109 Å². The zero-order valence-electron chi connectivity index (χ0n) is 9.59. The first kappa shape index (κ1) is 13.1. The van der Waals surface area contributed by atoms with E-state index in [1.54, 1.807) is 17.8 Å². The second-order valence-corrected chi connectivity index (χ2v) is 6.64. The van der Waals surface area contributed by atoms with Crippen LogP contribution in [0.15, 0.2) is 28.0 Å². The first-order chi connectivity index (χ1) is 8.58. The molecule has 0 saturated carbocycles. The summed E-state index contributed by atoms with van der Waals surface area (Å²) in [6.07, 6.45) is 4.82. The predicted octanol–water partition coefficient (Wildman–Crippen LogP) is 0.964. The van der Waals surface area contributed by atoms with Crippen LogP contribution in [0.3, 0.4) is 0 Å². The largest absolute Gasteiger partial charge is 0.398 e. The summed E-state index contributed by atoms with van der Waals surface area (Å²) in [6.45, 7) is 0.376. The van der Waals surface area contributed by atoms with E-state index < -0.39 is 10.0 Å². The van der Waals surface area contributed by atoms with Crippen LogP contribution in [0.4, 0.5) is 5.69 Å². The second-order valence-electron chi connectivity index (χ2n) is 3.74. The van der Waals surface area contributed by atoms with Crippen LogP contribution in [-0.4, -0.2) is 24.9 Å². The number of aryl methyl sites for hydroxylation is 1. The fourth-order valence-electron chi connectivity index (χ4n) is 1.44. The fraction of sp³-hybridized carbons (Fsp3) is 0.300. The van der Waals surface area contributed by atoms with Crippen molar-refractivity contribution in [2.75, 3.05) is 12.3 Å². The molecule has 2 heterocycles. The minimum atomic E-state index is -3.42. The Morgan fingerprint density at radius 3 is 2.94 bits per heavy atom. The Hall–Kier alpha value is -1.38. The van der Waals surface area contributed by atoms with Gasteiger partial charge in [-0.1, -0.05) is 0 Å². The number of nitrogens with one attached hydrogen (secondary N) is 2. The lowest BCUT2D eigenvalue weighted by atomic mass is 10.3. The number of aromatic nitrogens is 2. The topological polar surface area (TPSA) is 101 Å². The molecular weight excluding hydrogens is 272 g/mol. The third-order valence-corrected chi connectivity index (χ3v) is 5.22. The van der Waals surface area contributed by atoms with Crippen molar-refractivity contribution in [2.45, 2.75) is 17.1 Å². The molecule has 4 N–H and O–H groups in total. The highest BCUT2D eigenvalue weighted by atomic mass is 32.2. The number of sulfonamides is 1. The number of aromatic amines is 1. The predicted molar refractivity (Wildman–Crippen MR) is 70.8 cm³/mol. The molecule has 0 amide bonds.